The van der Waals surface area contributed by atoms with Gasteiger partial charge in [0.15, 0.2) is 5.78 Å². The van der Waals surface area contributed by atoms with Gasteiger partial charge in [-0.3, -0.25) is 4.79 Å². The largest absolute Gasteiger partial charge is 0.352 e. The van der Waals surface area contributed by atoms with E-state index in [9.17, 15) is 4.79 Å². The topological polar surface area (TPSA) is 32.9 Å². The number of Topliss-reactive ketones (excluding diaryl/α,β-unsaturated/α-hetero) is 1. The van der Waals surface area contributed by atoms with Crippen LogP contribution < -0.4 is 0 Å². The molecule has 0 aliphatic rings. The highest BCUT2D eigenvalue weighted by Gasteiger charge is 2.04. The van der Waals surface area contributed by atoms with Gasteiger partial charge in [0.25, 0.3) is 0 Å². The average Bonchev–Trinajstić information content (AvgIpc) is 2.59. The third kappa shape index (κ3) is 1.55. The summed E-state index contributed by atoms with van der Waals surface area (Å²) in [5.74, 6) is 0.0758. The molecular weight excluding hydrogens is 194 g/mol. The van der Waals surface area contributed by atoms with Gasteiger partial charge in [-0.15, -0.1) is 11.8 Å². The second-order valence-corrected chi connectivity index (χ2v) is 4.07. The minimum Gasteiger partial charge on any atom is -0.352 e. The van der Waals surface area contributed by atoms with Gasteiger partial charge in [-0.1, -0.05) is 0 Å². The van der Waals surface area contributed by atoms with E-state index in [4.69, 9.17) is 0 Å². The molecule has 2 aromatic rings. The van der Waals surface area contributed by atoms with Crippen molar-refractivity contribution in [2.45, 2.75) is 11.8 Å². The summed E-state index contributed by atoms with van der Waals surface area (Å²) < 4.78 is 0. The summed E-state index contributed by atoms with van der Waals surface area (Å²) in [5, 5.41) is 1.10. The van der Waals surface area contributed by atoms with Crippen LogP contribution in [0.1, 0.15) is 17.4 Å². The second-order valence-electron chi connectivity index (χ2n) is 3.19. The van der Waals surface area contributed by atoms with E-state index in [1.54, 1.807) is 18.7 Å². The Bertz CT molecular complexity index is 487. The summed E-state index contributed by atoms with van der Waals surface area (Å²) in [6, 6.07) is 8.04. The van der Waals surface area contributed by atoms with Gasteiger partial charge in [-0.05, 0) is 30.5 Å². The van der Waals surface area contributed by atoms with Gasteiger partial charge in [-0.2, -0.15) is 0 Å². The molecule has 14 heavy (non-hydrogen) atoms. The number of benzene rings is 1. The number of H-pyrrole nitrogens is 1. The number of aromatic nitrogens is 1. The molecule has 0 fully saturated rings. The second kappa shape index (κ2) is 3.50. The Morgan fingerprint density at radius 2 is 2.14 bits per heavy atom. The quantitative estimate of drug-likeness (QED) is 0.603. The number of hydrogen-bond acceptors (Lipinski definition) is 2. The maximum absolute atomic E-state index is 11.1. The van der Waals surface area contributed by atoms with Crippen LogP contribution in [0.2, 0.25) is 0 Å². The number of ketones is 1. The molecule has 0 spiro atoms. The molecule has 0 aliphatic heterocycles. The maximum atomic E-state index is 11.1. The summed E-state index contributed by atoms with van der Waals surface area (Å²) in [6.45, 7) is 1.57. The van der Waals surface area contributed by atoms with E-state index in [-0.39, 0.29) is 5.78 Å². The number of carbonyl (C=O) groups is 1. The van der Waals surface area contributed by atoms with Crippen LogP contribution in [-0.4, -0.2) is 17.0 Å². The van der Waals surface area contributed by atoms with Crippen LogP contribution in [-0.2, 0) is 0 Å². The van der Waals surface area contributed by atoms with E-state index in [1.165, 1.54) is 4.90 Å². The third-order valence-electron chi connectivity index (χ3n) is 2.21. The molecule has 72 valence electrons. The number of thioether (sulfide) groups is 1. The lowest BCUT2D eigenvalue weighted by Crippen LogP contribution is -1.89. The fourth-order valence-electron chi connectivity index (χ4n) is 1.43. The van der Waals surface area contributed by atoms with Crippen LogP contribution in [0.3, 0.4) is 0 Å². The molecule has 0 radical (unpaired) electrons. The van der Waals surface area contributed by atoms with E-state index >= 15 is 0 Å². The van der Waals surface area contributed by atoms with Crippen LogP contribution in [0.15, 0.2) is 29.2 Å². The average molecular weight is 205 g/mol. The van der Waals surface area contributed by atoms with E-state index in [0.29, 0.717) is 5.69 Å². The van der Waals surface area contributed by atoms with E-state index in [1.807, 2.05) is 24.5 Å². The molecule has 0 bridgehead atoms. The van der Waals surface area contributed by atoms with E-state index in [2.05, 4.69) is 11.1 Å². The molecule has 3 heteroatoms. The SMILES string of the molecule is CSc1ccc2[nH]c(C(C)=O)cc2c1. The minimum atomic E-state index is 0.0758. The molecule has 2 rings (SSSR count). The molecule has 0 amide bonds. The molecule has 0 atom stereocenters. The lowest BCUT2D eigenvalue weighted by Gasteiger charge is -1.94. The van der Waals surface area contributed by atoms with Gasteiger partial charge in [0.1, 0.15) is 0 Å². The predicted octanol–water partition coefficient (Wildman–Crippen LogP) is 3.09. The van der Waals surface area contributed by atoms with Crippen molar-refractivity contribution < 1.29 is 4.79 Å². The number of hydrogen-bond donors (Lipinski definition) is 1. The summed E-state index contributed by atoms with van der Waals surface area (Å²) in [5.41, 5.74) is 1.70. The zero-order chi connectivity index (χ0) is 10.1. The number of aromatic amines is 1. The Morgan fingerprint density at radius 3 is 2.79 bits per heavy atom. The van der Waals surface area contributed by atoms with Gasteiger partial charge < -0.3 is 4.98 Å². The van der Waals surface area contributed by atoms with Crippen LogP contribution in [0.4, 0.5) is 0 Å². The lowest BCUT2D eigenvalue weighted by molar-refractivity contribution is 0.101. The van der Waals surface area contributed by atoms with Crippen molar-refractivity contribution in [1.82, 2.24) is 4.98 Å². The normalized spacial score (nSPS) is 10.7. The first-order chi connectivity index (χ1) is 6.70. The third-order valence-corrected chi connectivity index (χ3v) is 2.93. The molecule has 2 nitrogen and oxygen atoms in total. The summed E-state index contributed by atoms with van der Waals surface area (Å²) in [6.07, 6.45) is 2.04. The zero-order valence-corrected chi connectivity index (χ0v) is 8.94. The Morgan fingerprint density at radius 1 is 1.36 bits per heavy atom. The molecule has 1 aromatic carbocycles. The summed E-state index contributed by atoms with van der Waals surface area (Å²) in [4.78, 5) is 15.4. The van der Waals surface area contributed by atoms with Crippen molar-refractivity contribution in [3.63, 3.8) is 0 Å². The highest BCUT2D eigenvalue weighted by molar-refractivity contribution is 7.98. The Balaban J connectivity index is 2.60. The van der Waals surface area contributed by atoms with Crippen molar-refractivity contribution in [3.8, 4) is 0 Å². The Labute approximate surface area is 86.7 Å². The summed E-state index contributed by atoms with van der Waals surface area (Å²) in [7, 11) is 0. The van der Waals surface area contributed by atoms with Gasteiger partial charge in [0, 0.05) is 22.7 Å². The first-order valence-electron chi connectivity index (χ1n) is 4.38. The molecule has 0 saturated heterocycles. The van der Waals surface area contributed by atoms with Gasteiger partial charge >= 0.3 is 0 Å². The zero-order valence-electron chi connectivity index (χ0n) is 8.13. The Kier molecular flexibility index (Phi) is 2.33. The molecule has 1 N–H and O–H groups in total. The van der Waals surface area contributed by atoms with Crippen molar-refractivity contribution in [3.05, 3.63) is 30.0 Å². The van der Waals surface area contributed by atoms with E-state index in [0.717, 1.165) is 10.9 Å². The van der Waals surface area contributed by atoms with Crippen LogP contribution in [0.25, 0.3) is 10.9 Å². The first kappa shape index (κ1) is 9.34. The van der Waals surface area contributed by atoms with E-state index < -0.39 is 0 Å². The van der Waals surface area contributed by atoms with Crippen LogP contribution in [0, 0.1) is 0 Å². The van der Waals surface area contributed by atoms with Gasteiger partial charge in [0.05, 0.1) is 5.69 Å². The molecule has 1 heterocycles. The first-order valence-corrected chi connectivity index (χ1v) is 5.61. The Hall–Kier alpha value is -1.22. The van der Waals surface area contributed by atoms with Crippen LogP contribution >= 0.6 is 11.8 Å². The fourth-order valence-corrected chi connectivity index (χ4v) is 1.88. The van der Waals surface area contributed by atoms with Crippen molar-refractivity contribution in [2.24, 2.45) is 0 Å². The molecule has 0 aliphatic carbocycles. The molecule has 0 unspecified atom stereocenters. The smallest absolute Gasteiger partial charge is 0.175 e. The number of nitrogens with one attached hydrogen (secondary N) is 1. The minimum absolute atomic E-state index is 0.0758. The van der Waals surface area contributed by atoms with Crippen LogP contribution in [0.5, 0.6) is 0 Å². The molecule has 1 aromatic heterocycles. The van der Waals surface area contributed by atoms with Crippen molar-refractivity contribution >= 4 is 28.4 Å². The number of carbonyl (C=O) groups excluding carboxylic acids is 1. The summed E-state index contributed by atoms with van der Waals surface area (Å²) >= 11 is 1.70. The predicted molar refractivity (Wildman–Crippen MR) is 60.1 cm³/mol. The van der Waals surface area contributed by atoms with Crippen molar-refractivity contribution in [2.75, 3.05) is 6.26 Å². The lowest BCUT2D eigenvalue weighted by atomic mass is 10.2. The van der Waals surface area contributed by atoms with Crippen molar-refractivity contribution in [1.29, 1.82) is 0 Å². The fraction of sp³-hybridized carbons (Fsp3) is 0.182. The molecule has 0 saturated carbocycles. The maximum Gasteiger partial charge on any atom is 0.175 e. The highest BCUT2D eigenvalue weighted by atomic mass is 32.2. The standard InChI is InChI=1S/C11H11NOS/c1-7(13)11-6-8-5-9(14-2)3-4-10(8)12-11/h3-6,12H,1-2H3. The monoisotopic (exact) mass is 205 g/mol. The van der Waals surface area contributed by atoms with Gasteiger partial charge in [-0.25, -0.2) is 0 Å². The number of rotatable bonds is 2. The molecular formula is C11H11NOS. The number of fused-ring (bicyclic) bond motifs is 1. The highest BCUT2D eigenvalue weighted by Crippen LogP contribution is 2.22. The van der Waals surface area contributed by atoms with Gasteiger partial charge in [0.2, 0.25) is 0 Å².